The molecule has 0 fully saturated rings. The molecule has 0 heterocycles. The molecule has 116 valence electrons. The number of rotatable bonds is 5. The van der Waals surface area contributed by atoms with Gasteiger partial charge in [-0.05, 0) is 34.7 Å². The molecule has 0 aliphatic carbocycles. The normalized spacial score (nSPS) is 12.2. The van der Waals surface area contributed by atoms with Crippen molar-refractivity contribution in [2.24, 2.45) is 0 Å². The van der Waals surface area contributed by atoms with E-state index < -0.39 is 0 Å². The van der Waals surface area contributed by atoms with Gasteiger partial charge in [0.2, 0.25) is 0 Å². The second-order valence-electron chi connectivity index (χ2n) is 5.54. The molecule has 0 amide bonds. The first-order valence-corrected chi connectivity index (χ1v) is 8.41. The summed E-state index contributed by atoms with van der Waals surface area (Å²) in [4.78, 5) is 10.6. The van der Waals surface area contributed by atoms with Crippen LogP contribution in [0, 0.1) is 10.1 Å². The third kappa shape index (κ3) is 3.77. The summed E-state index contributed by atoms with van der Waals surface area (Å²) in [6.45, 7) is 0. The van der Waals surface area contributed by atoms with E-state index in [0.717, 1.165) is 18.4 Å². The van der Waals surface area contributed by atoms with E-state index in [2.05, 4.69) is 46.3 Å². The molecule has 3 nitrogen and oxygen atoms in total. The molecule has 0 aromatic heterocycles. The van der Waals surface area contributed by atoms with Gasteiger partial charge in [-0.2, -0.15) is 0 Å². The van der Waals surface area contributed by atoms with E-state index in [9.17, 15) is 10.1 Å². The number of alkyl halides is 1. The molecule has 0 N–H and O–H groups in total. The summed E-state index contributed by atoms with van der Waals surface area (Å²) >= 11 is 3.76. The maximum absolute atomic E-state index is 10.7. The molecule has 0 saturated heterocycles. The van der Waals surface area contributed by atoms with Gasteiger partial charge in [-0.1, -0.05) is 70.5 Å². The van der Waals surface area contributed by atoms with Crippen molar-refractivity contribution in [3.8, 4) is 0 Å². The summed E-state index contributed by atoms with van der Waals surface area (Å²) in [6, 6.07) is 21.6. The predicted octanol–water partition coefficient (Wildman–Crippen LogP) is 5.82. The zero-order valence-electron chi connectivity index (χ0n) is 12.5. The lowest BCUT2D eigenvalue weighted by molar-refractivity contribution is -0.384. The third-order valence-electron chi connectivity index (χ3n) is 3.97. The summed E-state index contributed by atoms with van der Waals surface area (Å²) in [6.07, 6.45) is 1.82. The summed E-state index contributed by atoms with van der Waals surface area (Å²) in [5, 5.41) is 13.2. The minimum Gasteiger partial charge on any atom is -0.258 e. The third-order valence-corrected chi connectivity index (χ3v) is 4.96. The van der Waals surface area contributed by atoms with Crippen molar-refractivity contribution in [1.82, 2.24) is 0 Å². The Morgan fingerprint density at radius 3 is 2.35 bits per heavy atom. The highest BCUT2D eigenvalue weighted by molar-refractivity contribution is 9.09. The van der Waals surface area contributed by atoms with Crippen LogP contribution in [0.15, 0.2) is 66.7 Å². The molecule has 3 rings (SSSR count). The average Bonchev–Trinajstić information content (AvgIpc) is 2.59. The van der Waals surface area contributed by atoms with Crippen LogP contribution in [0.25, 0.3) is 10.8 Å². The van der Waals surface area contributed by atoms with Crippen LogP contribution in [0.1, 0.15) is 22.4 Å². The van der Waals surface area contributed by atoms with E-state index in [1.807, 2.05) is 24.3 Å². The van der Waals surface area contributed by atoms with Crippen LogP contribution in [0.5, 0.6) is 0 Å². The van der Waals surface area contributed by atoms with Crippen molar-refractivity contribution in [3.05, 3.63) is 88.0 Å². The van der Waals surface area contributed by atoms with Crippen LogP contribution >= 0.6 is 15.9 Å². The Labute approximate surface area is 143 Å². The van der Waals surface area contributed by atoms with E-state index in [-0.39, 0.29) is 15.4 Å². The lowest BCUT2D eigenvalue weighted by Gasteiger charge is -2.11. The monoisotopic (exact) mass is 369 g/mol. The zero-order chi connectivity index (χ0) is 16.2. The fourth-order valence-corrected chi connectivity index (χ4v) is 3.16. The zero-order valence-corrected chi connectivity index (χ0v) is 14.1. The number of aryl methyl sites for hydroxylation is 1. The number of hydrogen-bond donors (Lipinski definition) is 0. The summed E-state index contributed by atoms with van der Waals surface area (Å²) in [7, 11) is 0. The van der Waals surface area contributed by atoms with Crippen LogP contribution in [-0.2, 0) is 6.42 Å². The lowest BCUT2D eigenvalue weighted by Crippen LogP contribution is -1.94. The molecule has 23 heavy (non-hydrogen) atoms. The molecule has 4 heteroatoms. The highest BCUT2D eigenvalue weighted by Gasteiger charge is 2.09. The highest BCUT2D eigenvalue weighted by Crippen LogP contribution is 2.30. The number of hydrogen-bond acceptors (Lipinski definition) is 2. The van der Waals surface area contributed by atoms with Gasteiger partial charge in [0.15, 0.2) is 0 Å². The van der Waals surface area contributed by atoms with E-state index in [4.69, 9.17) is 0 Å². The van der Waals surface area contributed by atoms with Crippen LogP contribution < -0.4 is 0 Å². The molecular formula is C19H16BrNO2. The number of fused-ring (bicyclic) bond motifs is 1. The number of benzene rings is 3. The van der Waals surface area contributed by atoms with E-state index in [1.54, 1.807) is 12.1 Å². The molecule has 0 radical (unpaired) electrons. The maximum Gasteiger partial charge on any atom is 0.269 e. The van der Waals surface area contributed by atoms with Crippen molar-refractivity contribution >= 4 is 32.4 Å². The van der Waals surface area contributed by atoms with Gasteiger partial charge >= 0.3 is 0 Å². The predicted molar refractivity (Wildman–Crippen MR) is 97.0 cm³/mol. The molecule has 3 aromatic rings. The van der Waals surface area contributed by atoms with Gasteiger partial charge in [-0.3, -0.25) is 10.1 Å². The Kier molecular flexibility index (Phi) is 4.72. The Balaban J connectivity index is 1.68. The number of non-ortho nitro benzene ring substituents is 1. The van der Waals surface area contributed by atoms with Crippen molar-refractivity contribution < 1.29 is 4.92 Å². The second-order valence-corrected chi connectivity index (χ2v) is 6.64. The van der Waals surface area contributed by atoms with Gasteiger partial charge in [0, 0.05) is 17.0 Å². The van der Waals surface area contributed by atoms with Gasteiger partial charge in [0.25, 0.3) is 5.69 Å². The molecule has 0 aliphatic heterocycles. The second kappa shape index (κ2) is 6.92. The summed E-state index contributed by atoms with van der Waals surface area (Å²) in [5.74, 6) is 0. The lowest BCUT2D eigenvalue weighted by atomic mass is 10.0. The number of nitrogens with zero attached hydrogens (tertiary/aromatic N) is 1. The van der Waals surface area contributed by atoms with Gasteiger partial charge in [-0.15, -0.1) is 0 Å². The molecular weight excluding hydrogens is 354 g/mol. The molecule has 0 spiro atoms. The topological polar surface area (TPSA) is 43.1 Å². The first-order chi connectivity index (χ1) is 11.1. The van der Waals surface area contributed by atoms with Crippen molar-refractivity contribution in [1.29, 1.82) is 0 Å². The SMILES string of the molecule is O=[N+]([O-])c1ccc(CCC(Br)c2ccc3ccccc3c2)cc1. The molecule has 1 atom stereocenters. The Hall–Kier alpha value is -2.20. The number of nitro groups is 1. The van der Waals surface area contributed by atoms with Crippen molar-refractivity contribution in [2.75, 3.05) is 0 Å². The fraction of sp³-hybridized carbons (Fsp3) is 0.158. The molecule has 3 aromatic carbocycles. The largest absolute Gasteiger partial charge is 0.269 e. The van der Waals surface area contributed by atoms with Gasteiger partial charge in [0.05, 0.1) is 4.92 Å². The molecule has 0 saturated carbocycles. The fourth-order valence-electron chi connectivity index (χ4n) is 2.65. The standard InChI is InChI=1S/C19H16BrNO2/c20-19(12-7-14-5-10-18(11-6-14)21(22)23)17-9-8-15-3-1-2-4-16(15)13-17/h1-6,8-11,13,19H,7,12H2. The van der Waals surface area contributed by atoms with E-state index >= 15 is 0 Å². The summed E-state index contributed by atoms with van der Waals surface area (Å²) < 4.78 is 0. The van der Waals surface area contributed by atoms with Crippen LogP contribution in [0.4, 0.5) is 5.69 Å². The Morgan fingerprint density at radius 2 is 1.65 bits per heavy atom. The molecule has 0 aliphatic rings. The van der Waals surface area contributed by atoms with Crippen molar-refractivity contribution in [3.63, 3.8) is 0 Å². The van der Waals surface area contributed by atoms with Crippen LogP contribution in [-0.4, -0.2) is 4.92 Å². The van der Waals surface area contributed by atoms with Gasteiger partial charge in [0.1, 0.15) is 0 Å². The smallest absolute Gasteiger partial charge is 0.258 e. The Morgan fingerprint density at radius 1 is 0.957 bits per heavy atom. The van der Waals surface area contributed by atoms with Crippen LogP contribution in [0.3, 0.4) is 0 Å². The molecule has 1 unspecified atom stereocenters. The summed E-state index contributed by atoms with van der Waals surface area (Å²) in [5.41, 5.74) is 2.50. The van der Waals surface area contributed by atoms with Crippen molar-refractivity contribution in [2.45, 2.75) is 17.7 Å². The maximum atomic E-state index is 10.7. The Bertz CT molecular complexity index is 830. The average molecular weight is 370 g/mol. The van der Waals surface area contributed by atoms with Crippen LogP contribution in [0.2, 0.25) is 0 Å². The first-order valence-electron chi connectivity index (χ1n) is 7.49. The van der Waals surface area contributed by atoms with E-state index in [0.29, 0.717) is 0 Å². The van der Waals surface area contributed by atoms with E-state index in [1.165, 1.54) is 16.3 Å². The number of nitro benzene ring substituents is 1. The molecule has 0 bridgehead atoms. The number of halogens is 1. The van der Waals surface area contributed by atoms with Gasteiger partial charge < -0.3 is 0 Å². The quantitative estimate of drug-likeness (QED) is 0.323. The minimum atomic E-state index is -0.369. The van der Waals surface area contributed by atoms with Gasteiger partial charge in [-0.25, -0.2) is 0 Å². The highest BCUT2D eigenvalue weighted by atomic mass is 79.9. The first kappa shape index (κ1) is 15.7. The minimum absolute atomic E-state index is 0.138.